The van der Waals surface area contributed by atoms with Gasteiger partial charge in [-0.15, -0.1) is 0 Å². The Labute approximate surface area is 149 Å². The molecule has 25 heavy (non-hydrogen) atoms. The summed E-state index contributed by atoms with van der Waals surface area (Å²) in [7, 11) is 0. The van der Waals surface area contributed by atoms with E-state index in [9.17, 15) is 4.79 Å². The van der Waals surface area contributed by atoms with Crippen molar-refractivity contribution in [3.63, 3.8) is 0 Å². The summed E-state index contributed by atoms with van der Waals surface area (Å²) >= 11 is 0. The molecule has 2 rings (SSSR count). The van der Waals surface area contributed by atoms with Crippen LogP contribution in [0, 0.1) is 6.92 Å². The maximum Gasteiger partial charge on any atom is 0.255 e. The molecule has 2 aromatic rings. The number of oxazole rings is 1. The molecule has 1 heterocycles. The second kappa shape index (κ2) is 8.29. The Morgan fingerprint density at radius 3 is 2.56 bits per heavy atom. The summed E-state index contributed by atoms with van der Waals surface area (Å²) in [6.07, 6.45) is 5.05. The molecular weight excluding hydrogens is 312 g/mol. The summed E-state index contributed by atoms with van der Waals surface area (Å²) in [4.78, 5) is 16.9. The number of aromatic nitrogens is 1. The van der Waals surface area contributed by atoms with E-state index in [1.165, 1.54) is 0 Å². The van der Waals surface area contributed by atoms with Crippen LogP contribution in [0.1, 0.15) is 31.9 Å². The molecule has 1 N–H and O–H groups in total. The van der Waals surface area contributed by atoms with E-state index in [1.54, 1.807) is 19.1 Å². The molecule has 1 amide bonds. The predicted molar refractivity (Wildman–Crippen MR) is 102 cm³/mol. The molecule has 130 valence electrons. The quantitative estimate of drug-likeness (QED) is 0.556. The third-order valence-electron chi connectivity index (χ3n) is 3.71. The highest BCUT2D eigenvalue weighted by atomic mass is 16.4. The zero-order valence-corrected chi connectivity index (χ0v) is 15.1. The van der Waals surface area contributed by atoms with Gasteiger partial charge in [0.05, 0.1) is 0 Å². The minimum absolute atomic E-state index is 0.206. The van der Waals surface area contributed by atoms with E-state index in [1.807, 2.05) is 31.2 Å². The number of nitrogens with one attached hydrogen (secondary N) is 1. The van der Waals surface area contributed by atoms with Gasteiger partial charge < -0.3 is 9.73 Å². The van der Waals surface area contributed by atoms with E-state index < -0.39 is 0 Å². The zero-order valence-electron chi connectivity index (χ0n) is 15.1. The highest BCUT2D eigenvalue weighted by Gasteiger charge is 2.13. The van der Waals surface area contributed by atoms with Gasteiger partial charge >= 0.3 is 0 Å². The van der Waals surface area contributed by atoms with Crippen molar-refractivity contribution >= 4 is 11.6 Å². The highest BCUT2D eigenvalue weighted by molar-refractivity contribution is 6.06. The third-order valence-corrected chi connectivity index (χ3v) is 3.71. The van der Waals surface area contributed by atoms with Crippen LogP contribution >= 0.6 is 0 Å². The number of benzene rings is 1. The van der Waals surface area contributed by atoms with Crippen LogP contribution in [0.5, 0.6) is 0 Å². The normalized spacial score (nSPS) is 11.2. The molecule has 1 aromatic carbocycles. The van der Waals surface area contributed by atoms with Gasteiger partial charge in [0, 0.05) is 23.2 Å². The van der Waals surface area contributed by atoms with Crippen molar-refractivity contribution in [2.24, 2.45) is 0 Å². The molecule has 1 aromatic heterocycles. The monoisotopic (exact) mass is 336 g/mol. The predicted octanol–water partition coefficient (Wildman–Crippen LogP) is 5.23. The van der Waals surface area contributed by atoms with E-state index in [-0.39, 0.29) is 5.91 Å². The number of aryl methyl sites for hydroxylation is 2. The number of allylic oxidation sites excluding steroid dienone is 2. The third kappa shape index (κ3) is 4.57. The Hall–Kier alpha value is -2.88. The SMILES string of the molecule is C=C/C=C(\C(=C)C)C(=O)Nc1ccc(-c2nc(CCC)oc2C)cc1. The fourth-order valence-electron chi connectivity index (χ4n) is 2.48. The van der Waals surface area contributed by atoms with Crippen LogP contribution in [0.3, 0.4) is 0 Å². The van der Waals surface area contributed by atoms with Gasteiger partial charge in [0.1, 0.15) is 11.5 Å². The van der Waals surface area contributed by atoms with Gasteiger partial charge in [-0.3, -0.25) is 4.79 Å². The molecule has 0 aliphatic rings. The molecule has 0 bridgehead atoms. The van der Waals surface area contributed by atoms with Crippen molar-refractivity contribution < 1.29 is 9.21 Å². The number of hydrogen-bond acceptors (Lipinski definition) is 3. The molecule has 0 aliphatic heterocycles. The Morgan fingerprint density at radius 1 is 1.32 bits per heavy atom. The van der Waals surface area contributed by atoms with Crippen LogP contribution in [0.15, 0.2) is 65.1 Å². The number of hydrogen-bond donors (Lipinski definition) is 1. The number of carbonyl (C=O) groups excluding carboxylic acids is 1. The minimum atomic E-state index is -0.206. The topological polar surface area (TPSA) is 55.1 Å². The lowest BCUT2D eigenvalue weighted by Crippen LogP contribution is -2.14. The van der Waals surface area contributed by atoms with Crippen LogP contribution in [-0.4, -0.2) is 10.9 Å². The van der Waals surface area contributed by atoms with Gasteiger partial charge in [0.25, 0.3) is 5.91 Å². The molecule has 0 radical (unpaired) electrons. The van der Waals surface area contributed by atoms with Crippen molar-refractivity contribution in [1.82, 2.24) is 4.98 Å². The molecule has 0 saturated carbocycles. The summed E-state index contributed by atoms with van der Waals surface area (Å²) in [6, 6.07) is 7.55. The molecule has 4 nitrogen and oxygen atoms in total. The molecule has 0 atom stereocenters. The summed E-state index contributed by atoms with van der Waals surface area (Å²) in [6.45, 7) is 13.2. The van der Waals surface area contributed by atoms with Crippen LogP contribution in [0.25, 0.3) is 11.3 Å². The first kappa shape index (κ1) is 18.5. The fraction of sp³-hybridized carbons (Fsp3) is 0.238. The highest BCUT2D eigenvalue weighted by Crippen LogP contribution is 2.25. The lowest BCUT2D eigenvalue weighted by atomic mass is 10.1. The van der Waals surface area contributed by atoms with Gasteiger partial charge in [-0.1, -0.05) is 38.3 Å². The summed E-state index contributed by atoms with van der Waals surface area (Å²) in [5, 5.41) is 2.87. The van der Waals surface area contributed by atoms with Crippen molar-refractivity contribution in [1.29, 1.82) is 0 Å². The molecule has 0 spiro atoms. The Kier molecular flexibility index (Phi) is 6.12. The summed E-state index contributed by atoms with van der Waals surface area (Å²) < 4.78 is 5.68. The van der Waals surface area contributed by atoms with E-state index in [0.717, 1.165) is 35.7 Å². The molecule has 0 aliphatic carbocycles. The molecule has 0 fully saturated rings. The smallest absolute Gasteiger partial charge is 0.255 e. The van der Waals surface area contributed by atoms with Crippen molar-refractivity contribution in [3.8, 4) is 11.3 Å². The zero-order chi connectivity index (χ0) is 18.4. The first-order valence-electron chi connectivity index (χ1n) is 8.33. The first-order chi connectivity index (χ1) is 12.0. The number of nitrogens with zero attached hydrogens (tertiary/aromatic N) is 1. The van der Waals surface area contributed by atoms with Gasteiger partial charge in [0.2, 0.25) is 0 Å². The van der Waals surface area contributed by atoms with Gasteiger partial charge in [-0.25, -0.2) is 4.98 Å². The maximum atomic E-state index is 12.3. The van der Waals surface area contributed by atoms with Gasteiger partial charge in [-0.2, -0.15) is 0 Å². The molecule has 4 heteroatoms. The average Bonchev–Trinajstić information content (AvgIpc) is 2.93. The Morgan fingerprint density at radius 2 is 2.00 bits per heavy atom. The molecular formula is C21H24N2O2. The summed E-state index contributed by atoms with van der Waals surface area (Å²) in [5.41, 5.74) is 3.71. The number of anilines is 1. The number of carbonyl (C=O) groups is 1. The van der Waals surface area contributed by atoms with Crippen LogP contribution < -0.4 is 5.32 Å². The lowest BCUT2D eigenvalue weighted by Gasteiger charge is -2.09. The van der Waals surface area contributed by atoms with Gasteiger partial charge in [-0.05, 0) is 44.1 Å². The standard InChI is InChI=1S/C21H24N2O2/c1-6-8-18(14(3)4)21(24)22-17-12-10-16(11-13-17)20-15(5)25-19(23-20)9-7-2/h6,8,10-13H,1,3,7,9H2,2,4-5H3,(H,22,24)/b18-8+. The molecule has 0 unspecified atom stereocenters. The minimum Gasteiger partial charge on any atom is -0.445 e. The number of rotatable bonds is 7. The van der Waals surface area contributed by atoms with E-state index in [0.29, 0.717) is 16.8 Å². The van der Waals surface area contributed by atoms with E-state index in [2.05, 4.69) is 30.4 Å². The van der Waals surface area contributed by atoms with Crippen molar-refractivity contribution in [2.75, 3.05) is 5.32 Å². The molecule has 0 saturated heterocycles. The van der Waals surface area contributed by atoms with Crippen molar-refractivity contribution in [2.45, 2.75) is 33.6 Å². The largest absolute Gasteiger partial charge is 0.445 e. The van der Waals surface area contributed by atoms with E-state index >= 15 is 0 Å². The second-order valence-electron chi connectivity index (χ2n) is 5.89. The van der Waals surface area contributed by atoms with Crippen LogP contribution in [0.4, 0.5) is 5.69 Å². The van der Waals surface area contributed by atoms with Crippen LogP contribution in [-0.2, 0) is 11.2 Å². The van der Waals surface area contributed by atoms with E-state index in [4.69, 9.17) is 4.42 Å². The lowest BCUT2D eigenvalue weighted by molar-refractivity contribution is -0.112. The maximum absolute atomic E-state index is 12.3. The van der Waals surface area contributed by atoms with Crippen molar-refractivity contribution in [3.05, 3.63) is 72.4 Å². The average molecular weight is 336 g/mol. The second-order valence-corrected chi connectivity index (χ2v) is 5.89. The van der Waals surface area contributed by atoms with Gasteiger partial charge in [0.15, 0.2) is 5.89 Å². The first-order valence-corrected chi connectivity index (χ1v) is 8.33. The summed E-state index contributed by atoms with van der Waals surface area (Å²) in [5.74, 6) is 1.36. The fourth-order valence-corrected chi connectivity index (χ4v) is 2.48. The Bertz CT molecular complexity index is 811. The number of amides is 1. The Balaban J connectivity index is 2.17. The van der Waals surface area contributed by atoms with Crippen LogP contribution in [0.2, 0.25) is 0 Å².